The van der Waals surface area contributed by atoms with Gasteiger partial charge in [0.1, 0.15) is 0 Å². The van der Waals surface area contributed by atoms with Gasteiger partial charge in [0.15, 0.2) is 0 Å². The fourth-order valence-corrected chi connectivity index (χ4v) is 3.08. The Labute approximate surface area is 90.7 Å². The molecule has 1 atom stereocenters. The zero-order valence-electron chi connectivity index (χ0n) is 8.01. The molecule has 0 bridgehead atoms. The van der Waals surface area contributed by atoms with E-state index in [1.54, 1.807) is 0 Å². The summed E-state index contributed by atoms with van der Waals surface area (Å²) in [6, 6.07) is 0. The van der Waals surface area contributed by atoms with E-state index in [9.17, 15) is 30.3 Å². The Balaban J connectivity index is 3.14. The Bertz CT molecular complexity index is 292. The van der Waals surface area contributed by atoms with Gasteiger partial charge in [-0.05, 0) is 12.8 Å². The molecule has 1 aliphatic rings. The van der Waals surface area contributed by atoms with E-state index in [4.69, 9.17) is 4.74 Å². The highest BCUT2D eigenvalue weighted by Crippen LogP contribution is 2.55. The lowest BCUT2D eigenvalue weighted by molar-refractivity contribution is -0.518. The van der Waals surface area contributed by atoms with Gasteiger partial charge in [0.05, 0.1) is 0 Å². The van der Waals surface area contributed by atoms with Crippen molar-refractivity contribution in [3.63, 3.8) is 0 Å². The van der Waals surface area contributed by atoms with Crippen molar-refractivity contribution in [1.82, 2.24) is 0 Å². The maximum Gasteiger partial charge on any atom is 0.572 e. The van der Waals surface area contributed by atoms with Gasteiger partial charge >= 0.3 is 10.6 Å². The molecule has 16 heavy (non-hydrogen) atoms. The van der Waals surface area contributed by atoms with Gasteiger partial charge in [-0.15, -0.1) is 0 Å². The Hall–Kier alpha value is -1.49. The molecule has 10 nitrogen and oxygen atoms in total. The Morgan fingerprint density at radius 3 is 1.81 bits per heavy atom. The van der Waals surface area contributed by atoms with Crippen LogP contribution in [-0.4, -0.2) is 25.0 Å². The molecule has 1 saturated heterocycles. The quantitative estimate of drug-likeness (QED) is 0.536. The molecule has 0 amide bonds. The molecule has 1 aliphatic heterocycles. The summed E-state index contributed by atoms with van der Waals surface area (Å²) in [4.78, 5) is 32.0. The molecule has 0 aromatic heterocycles. The van der Waals surface area contributed by atoms with Crippen molar-refractivity contribution in [3.8, 4) is 0 Å². The van der Waals surface area contributed by atoms with Crippen LogP contribution in [0.25, 0.3) is 0 Å². The minimum Gasteiger partial charge on any atom is -0.352 e. The molecule has 92 valence electrons. The molecule has 0 radical (unpaired) electrons. The van der Waals surface area contributed by atoms with Crippen molar-refractivity contribution in [2.75, 3.05) is 6.61 Å². The van der Waals surface area contributed by atoms with Crippen LogP contribution in [0.15, 0.2) is 0 Å². The molecular weight excluding hydrogens is 246 g/mol. The van der Waals surface area contributed by atoms with Gasteiger partial charge in [0, 0.05) is 13.0 Å². The van der Waals surface area contributed by atoms with E-state index in [0.29, 0.717) is 12.8 Å². The number of rotatable bonds is 4. The second-order valence-corrected chi connectivity index (χ2v) is 5.57. The summed E-state index contributed by atoms with van der Waals surface area (Å²) in [5, 5.41) is 32.0. The Morgan fingerprint density at radius 1 is 1.00 bits per heavy atom. The average Bonchev–Trinajstić information content (AvgIpc) is 2.18. The van der Waals surface area contributed by atoms with Crippen LogP contribution in [0.2, 0.25) is 0 Å². The molecule has 1 heterocycles. The first-order valence-corrected chi connectivity index (χ1v) is 5.88. The maximum absolute atomic E-state index is 10.7. The highest BCUT2D eigenvalue weighted by atomic mass is 32.3. The molecule has 1 fully saturated rings. The van der Waals surface area contributed by atoms with Gasteiger partial charge in [-0.2, -0.15) is 0 Å². The third-order valence-corrected chi connectivity index (χ3v) is 4.54. The summed E-state index contributed by atoms with van der Waals surface area (Å²) < 4.78 is 0.598. The van der Waals surface area contributed by atoms with Crippen LogP contribution in [-0.2, 0) is 4.74 Å². The Morgan fingerprint density at radius 2 is 1.50 bits per heavy atom. The van der Waals surface area contributed by atoms with Crippen LogP contribution >= 0.6 is 10.6 Å². The first-order valence-electron chi connectivity index (χ1n) is 4.31. The summed E-state index contributed by atoms with van der Waals surface area (Å²) in [7, 11) is -4.50. The number of nitrogens with zero attached hydrogens (tertiary/aromatic N) is 3. The summed E-state index contributed by atoms with van der Waals surface area (Å²) >= 11 is 0. The van der Waals surface area contributed by atoms with Gasteiger partial charge in [0.25, 0.3) is 5.44 Å². The van der Waals surface area contributed by atoms with Crippen LogP contribution in [0.3, 0.4) is 0 Å². The van der Waals surface area contributed by atoms with Gasteiger partial charge in [-0.25, -0.2) is 30.3 Å². The summed E-state index contributed by atoms with van der Waals surface area (Å²) in [6.45, 7) is 0.0783. The molecule has 0 spiro atoms. The first kappa shape index (κ1) is 12.6. The predicted octanol–water partition coefficient (Wildman–Crippen LogP) is 0.893. The third-order valence-electron chi connectivity index (χ3n) is 2.15. The predicted molar refractivity (Wildman–Crippen MR) is 52.2 cm³/mol. The van der Waals surface area contributed by atoms with Crippen LogP contribution in [0.4, 0.5) is 0 Å². The molecule has 1 rings (SSSR count). The van der Waals surface area contributed by atoms with Crippen LogP contribution in [0.1, 0.15) is 19.3 Å². The third kappa shape index (κ3) is 1.78. The van der Waals surface area contributed by atoms with Gasteiger partial charge in [-0.1, -0.05) is 0 Å². The fraction of sp³-hybridized carbons (Fsp3) is 1.00. The van der Waals surface area contributed by atoms with Gasteiger partial charge < -0.3 is 4.74 Å². The minimum atomic E-state index is -4.50. The van der Waals surface area contributed by atoms with E-state index in [2.05, 4.69) is 0 Å². The molecule has 1 unspecified atom stereocenters. The molecule has 0 aliphatic carbocycles. The standard InChI is InChI=1S/C5H9N3O7S/c9-6(10)16(7(11)12,8(13)14)5-3-1-2-4-15-5/h5H,1-4H2. The lowest BCUT2D eigenvalue weighted by atomic mass is 10.2. The van der Waals surface area contributed by atoms with E-state index in [1.807, 2.05) is 0 Å². The van der Waals surface area contributed by atoms with E-state index in [-0.39, 0.29) is 13.0 Å². The fourth-order valence-electron chi connectivity index (χ4n) is 1.41. The lowest BCUT2D eigenvalue weighted by Crippen LogP contribution is -2.39. The van der Waals surface area contributed by atoms with E-state index < -0.39 is 29.0 Å². The highest BCUT2D eigenvalue weighted by molar-refractivity contribution is 8.18. The summed E-state index contributed by atoms with van der Waals surface area (Å²) in [6.07, 6.45) is 1.02. The maximum atomic E-state index is 10.7. The number of hydrogen-bond acceptors (Lipinski definition) is 7. The normalized spacial score (nSPS) is 22.4. The average molecular weight is 255 g/mol. The van der Waals surface area contributed by atoms with Gasteiger partial charge in [-0.3, -0.25) is 0 Å². The van der Waals surface area contributed by atoms with Crippen molar-refractivity contribution in [2.24, 2.45) is 0 Å². The van der Waals surface area contributed by atoms with Crippen molar-refractivity contribution in [1.29, 1.82) is 0 Å². The van der Waals surface area contributed by atoms with Crippen molar-refractivity contribution in [2.45, 2.75) is 24.7 Å². The molecule has 0 N–H and O–H groups in total. The zero-order valence-corrected chi connectivity index (χ0v) is 8.83. The monoisotopic (exact) mass is 255 g/mol. The van der Waals surface area contributed by atoms with Crippen molar-refractivity contribution in [3.05, 3.63) is 30.3 Å². The van der Waals surface area contributed by atoms with Crippen molar-refractivity contribution >= 4 is 10.6 Å². The number of ether oxygens (including phenoxy) is 1. The van der Waals surface area contributed by atoms with Crippen LogP contribution in [0, 0.1) is 30.3 Å². The Kier molecular flexibility index (Phi) is 3.59. The molecular formula is C5H9N3O7S. The van der Waals surface area contributed by atoms with Gasteiger partial charge in [0.2, 0.25) is 13.0 Å². The van der Waals surface area contributed by atoms with E-state index in [0.717, 1.165) is 0 Å². The lowest BCUT2D eigenvalue weighted by Gasteiger charge is -2.24. The summed E-state index contributed by atoms with van der Waals surface area (Å²) in [5.41, 5.74) is -1.54. The minimum absolute atomic E-state index is 0.0295. The second-order valence-electron chi connectivity index (χ2n) is 3.03. The van der Waals surface area contributed by atoms with Crippen LogP contribution in [0.5, 0.6) is 0 Å². The number of hydrogen-bond donors (Lipinski definition) is 0. The summed E-state index contributed by atoms with van der Waals surface area (Å²) in [5.74, 6) is 0. The SMILES string of the molecule is O=[N+]([O-])S(C1CCCCO1)([N+](=O)[O-])[N+](=O)[O-]. The van der Waals surface area contributed by atoms with E-state index >= 15 is 0 Å². The topological polar surface area (TPSA) is 139 Å². The molecule has 11 heteroatoms. The first-order chi connectivity index (χ1) is 7.44. The second kappa shape index (κ2) is 4.57. The molecule has 0 aromatic carbocycles. The van der Waals surface area contributed by atoms with Crippen LogP contribution < -0.4 is 0 Å². The van der Waals surface area contributed by atoms with Crippen molar-refractivity contribution < 1.29 is 17.7 Å². The smallest absolute Gasteiger partial charge is 0.352 e. The van der Waals surface area contributed by atoms with E-state index in [1.165, 1.54) is 0 Å². The molecule has 0 saturated carbocycles. The molecule has 0 aromatic rings. The highest BCUT2D eigenvalue weighted by Gasteiger charge is 2.71. The largest absolute Gasteiger partial charge is 0.572 e. The zero-order chi connectivity index (χ0) is 12.3. The number of nitro groups is 3.